The molecule has 156 valence electrons. The topological polar surface area (TPSA) is 66.5 Å². The molecule has 1 heterocycles. The Morgan fingerprint density at radius 2 is 1.76 bits per heavy atom. The highest BCUT2D eigenvalue weighted by molar-refractivity contribution is 7.89. The molecular weight excluding hydrogens is 391 g/mol. The second-order valence-electron chi connectivity index (χ2n) is 7.93. The first-order chi connectivity index (χ1) is 13.8. The molecule has 1 fully saturated rings. The SMILES string of the molecule is C[C@@H]1C[C@@H](C)CN(S(=O)(=O)c2ccc(C(=O)NCCc3cccc(F)c3)cc2)C1. The average molecular weight is 419 g/mol. The monoisotopic (exact) mass is 418 g/mol. The molecule has 1 saturated heterocycles. The lowest BCUT2D eigenvalue weighted by atomic mass is 9.94. The van der Waals surface area contributed by atoms with Crippen LogP contribution in [0.1, 0.15) is 36.2 Å². The van der Waals surface area contributed by atoms with E-state index < -0.39 is 10.0 Å². The van der Waals surface area contributed by atoms with Crippen LogP contribution in [-0.2, 0) is 16.4 Å². The van der Waals surface area contributed by atoms with Gasteiger partial charge >= 0.3 is 0 Å². The highest BCUT2D eigenvalue weighted by atomic mass is 32.2. The summed E-state index contributed by atoms with van der Waals surface area (Å²) in [5, 5.41) is 2.78. The molecule has 5 nitrogen and oxygen atoms in total. The number of hydrogen-bond donors (Lipinski definition) is 1. The summed E-state index contributed by atoms with van der Waals surface area (Å²) in [4.78, 5) is 12.5. The summed E-state index contributed by atoms with van der Waals surface area (Å²) in [6.07, 6.45) is 1.54. The Morgan fingerprint density at radius 3 is 2.38 bits per heavy atom. The van der Waals surface area contributed by atoms with E-state index >= 15 is 0 Å². The maximum atomic E-state index is 13.2. The number of halogens is 1. The molecule has 2 aromatic carbocycles. The number of nitrogens with zero attached hydrogens (tertiary/aromatic N) is 1. The van der Waals surface area contributed by atoms with Crippen molar-refractivity contribution in [2.75, 3.05) is 19.6 Å². The van der Waals surface area contributed by atoms with E-state index in [0.29, 0.717) is 43.5 Å². The van der Waals surface area contributed by atoms with Crippen molar-refractivity contribution in [1.29, 1.82) is 0 Å². The lowest BCUT2D eigenvalue weighted by Crippen LogP contribution is -2.42. The molecule has 1 amide bonds. The molecule has 1 aliphatic heterocycles. The molecule has 29 heavy (non-hydrogen) atoms. The van der Waals surface area contributed by atoms with Gasteiger partial charge in [-0.25, -0.2) is 12.8 Å². The van der Waals surface area contributed by atoms with Crippen molar-refractivity contribution in [2.45, 2.75) is 31.6 Å². The van der Waals surface area contributed by atoms with E-state index in [9.17, 15) is 17.6 Å². The van der Waals surface area contributed by atoms with E-state index in [0.717, 1.165) is 12.0 Å². The molecule has 1 aliphatic rings. The van der Waals surface area contributed by atoms with Gasteiger partial charge in [-0.2, -0.15) is 4.31 Å². The van der Waals surface area contributed by atoms with Gasteiger partial charge in [-0.1, -0.05) is 26.0 Å². The largest absolute Gasteiger partial charge is 0.352 e. The van der Waals surface area contributed by atoms with Gasteiger partial charge in [0.15, 0.2) is 0 Å². The van der Waals surface area contributed by atoms with Crippen molar-refractivity contribution in [1.82, 2.24) is 9.62 Å². The number of sulfonamides is 1. The van der Waals surface area contributed by atoms with Crippen molar-refractivity contribution >= 4 is 15.9 Å². The van der Waals surface area contributed by atoms with Crippen LogP contribution in [0.25, 0.3) is 0 Å². The Kier molecular flexibility index (Phi) is 6.70. The minimum atomic E-state index is -3.56. The Labute approximate surface area is 172 Å². The summed E-state index contributed by atoms with van der Waals surface area (Å²) in [7, 11) is -3.56. The standard InChI is InChI=1S/C22H27FN2O3S/c1-16-12-17(2)15-25(14-16)29(27,28)21-8-6-19(7-9-21)22(26)24-11-10-18-4-3-5-20(23)13-18/h3-9,13,16-17H,10-12,14-15H2,1-2H3,(H,24,26)/t16-,17-/m1/s1. The third kappa shape index (κ3) is 5.42. The summed E-state index contributed by atoms with van der Waals surface area (Å²) in [5.41, 5.74) is 1.19. The van der Waals surface area contributed by atoms with Gasteiger partial charge in [0.1, 0.15) is 5.82 Å². The van der Waals surface area contributed by atoms with Gasteiger partial charge in [-0.05, 0) is 66.6 Å². The van der Waals surface area contributed by atoms with Crippen LogP contribution >= 0.6 is 0 Å². The molecule has 1 N–H and O–H groups in total. The smallest absolute Gasteiger partial charge is 0.251 e. The van der Waals surface area contributed by atoms with E-state index in [1.54, 1.807) is 16.4 Å². The molecule has 0 aromatic heterocycles. The van der Waals surface area contributed by atoms with Crippen molar-refractivity contribution in [3.63, 3.8) is 0 Å². The minimum absolute atomic E-state index is 0.204. The highest BCUT2D eigenvalue weighted by Gasteiger charge is 2.31. The molecule has 0 unspecified atom stereocenters. The quantitative estimate of drug-likeness (QED) is 0.781. The van der Waals surface area contributed by atoms with Crippen molar-refractivity contribution in [3.05, 3.63) is 65.5 Å². The zero-order valence-corrected chi connectivity index (χ0v) is 17.6. The molecule has 0 radical (unpaired) electrons. The van der Waals surface area contributed by atoms with Crippen LogP contribution in [0.3, 0.4) is 0 Å². The average Bonchev–Trinajstić information content (AvgIpc) is 2.67. The van der Waals surface area contributed by atoms with E-state index in [1.807, 2.05) is 0 Å². The van der Waals surface area contributed by atoms with Gasteiger partial charge in [0.05, 0.1) is 4.90 Å². The van der Waals surface area contributed by atoms with Crippen LogP contribution in [-0.4, -0.2) is 38.3 Å². The van der Waals surface area contributed by atoms with Gasteiger partial charge in [-0.15, -0.1) is 0 Å². The molecule has 0 bridgehead atoms. The second-order valence-corrected chi connectivity index (χ2v) is 9.87. The number of hydrogen-bond acceptors (Lipinski definition) is 3. The van der Waals surface area contributed by atoms with Gasteiger partial charge in [0.2, 0.25) is 10.0 Å². The first kappa shape index (κ1) is 21.5. The minimum Gasteiger partial charge on any atom is -0.352 e. The van der Waals surface area contributed by atoms with E-state index in [4.69, 9.17) is 0 Å². The van der Waals surface area contributed by atoms with Gasteiger partial charge in [-0.3, -0.25) is 4.79 Å². The lowest BCUT2D eigenvalue weighted by molar-refractivity contribution is 0.0954. The van der Waals surface area contributed by atoms with Crippen LogP contribution in [0.2, 0.25) is 0 Å². The maximum absolute atomic E-state index is 13.2. The molecule has 7 heteroatoms. The molecule has 0 aliphatic carbocycles. The van der Waals surface area contributed by atoms with E-state index in [2.05, 4.69) is 19.2 Å². The van der Waals surface area contributed by atoms with Crippen LogP contribution in [0.4, 0.5) is 4.39 Å². The number of nitrogens with one attached hydrogen (secondary N) is 1. The van der Waals surface area contributed by atoms with Crippen molar-refractivity contribution < 1.29 is 17.6 Å². The van der Waals surface area contributed by atoms with Gasteiger partial charge in [0, 0.05) is 25.2 Å². The molecule has 0 spiro atoms. The van der Waals surface area contributed by atoms with Crippen LogP contribution in [0.5, 0.6) is 0 Å². The molecule has 2 aromatic rings. The predicted molar refractivity (Wildman–Crippen MR) is 111 cm³/mol. The van der Waals surface area contributed by atoms with Gasteiger partial charge < -0.3 is 5.32 Å². The number of amides is 1. The van der Waals surface area contributed by atoms with E-state index in [1.165, 1.54) is 36.4 Å². The Bertz CT molecular complexity index is 950. The van der Waals surface area contributed by atoms with Crippen LogP contribution < -0.4 is 5.32 Å². The Balaban J connectivity index is 1.61. The third-order valence-electron chi connectivity index (χ3n) is 5.18. The van der Waals surface area contributed by atoms with E-state index in [-0.39, 0.29) is 16.6 Å². The summed E-state index contributed by atoms with van der Waals surface area (Å²) in [5.74, 6) is 0.0713. The van der Waals surface area contributed by atoms with Gasteiger partial charge in [0.25, 0.3) is 5.91 Å². The predicted octanol–water partition coefficient (Wildman–Crippen LogP) is 3.46. The lowest BCUT2D eigenvalue weighted by Gasteiger charge is -2.34. The first-order valence-corrected chi connectivity index (χ1v) is 11.3. The summed E-state index contributed by atoms with van der Waals surface area (Å²) in [6.45, 7) is 5.54. The second kappa shape index (κ2) is 9.05. The van der Waals surface area contributed by atoms with Crippen LogP contribution in [0.15, 0.2) is 53.4 Å². The zero-order valence-electron chi connectivity index (χ0n) is 16.8. The highest BCUT2D eigenvalue weighted by Crippen LogP contribution is 2.26. The fourth-order valence-electron chi connectivity index (χ4n) is 3.84. The number of piperidine rings is 1. The molecular formula is C22H27FN2O3S. The number of benzene rings is 2. The molecule has 0 saturated carbocycles. The number of rotatable bonds is 6. The summed E-state index contributed by atoms with van der Waals surface area (Å²) >= 11 is 0. The first-order valence-electron chi connectivity index (χ1n) is 9.88. The van der Waals surface area contributed by atoms with Crippen molar-refractivity contribution in [2.24, 2.45) is 11.8 Å². The normalized spacial score (nSPS) is 20.4. The fraction of sp³-hybridized carbons (Fsp3) is 0.409. The van der Waals surface area contributed by atoms with Crippen molar-refractivity contribution in [3.8, 4) is 0 Å². The summed E-state index contributed by atoms with van der Waals surface area (Å²) in [6, 6.07) is 12.3. The number of carbonyl (C=O) groups is 1. The zero-order chi connectivity index (χ0) is 21.0. The molecule has 3 rings (SSSR count). The fourth-order valence-corrected chi connectivity index (χ4v) is 5.52. The Morgan fingerprint density at radius 1 is 1.10 bits per heavy atom. The molecule has 2 atom stereocenters. The van der Waals surface area contributed by atoms with Crippen LogP contribution in [0, 0.1) is 17.7 Å². The number of carbonyl (C=O) groups excluding carboxylic acids is 1. The third-order valence-corrected chi connectivity index (χ3v) is 7.02. The Hall–Kier alpha value is -2.25. The maximum Gasteiger partial charge on any atom is 0.251 e. The summed E-state index contributed by atoms with van der Waals surface area (Å²) < 4.78 is 40.6.